The highest BCUT2D eigenvalue weighted by Gasteiger charge is 2.40. The summed E-state index contributed by atoms with van der Waals surface area (Å²) in [5.74, 6) is -0.0420. The average Bonchev–Trinajstić information content (AvgIpc) is 2.97. The van der Waals surface area contributed by atoms with Gasteiger partial charge in [-0.3, -0.25) is 0 Å². The molecule has 2 unspecified atom stereocenters. The lowest BCUT2D eigenvalue weighted by atomic mass is 10.2. The standard InChI is InChI=1S/C13H22N2O4S/c1-2-20-11-5-3-4-9(11)14-13(19)15-7-8(16)6-10(15)12(17)18/h8-11,16H,2-7H2,1H3,(H,14,19)(H,17,18)/t8-,9?,10-,11?/m0/s1. The van der Waals surface area contributed by atoms with Gasteiger partial charge in [0.15, 0.2) is 0 Å². The van der Waals surface area contributed by atoms with E-state index in [2.05, 4.69) is 12.2 Å². The first-order chi connectivity index (χ1) is 9.52. The minimum atomic E-state index is -1.05. The van der Waals surface area contributed by atoms with Gasteiger partial charge in [0, 0.05) is 24.3 Å². The summed E-state index contributed by atoms with van der Waals surface area (Å²) < 4.78 is 0. The number of carbonyl (C=O) groups is 2. The molecule has 7 heteroatoms. The third-order valence-corrected chi connectivity index (χ3v) is 5.29. The third kappa shape index (κ3) is 3.38. The molecular weight excluding hydrogens is 280 g/mol. The number of β-amino-alcohol motifs (C(OH)–C–C–N with tert-alkyl or cyclic N) is 1. The van der Waals surface area contributed by atoms with E-state index in [1.54, 1.807) is 0 Å². The molecule has 1 aliphatic heterocycles. The van der Waals surface area contributed by atoms with E-state index in [1.807, 2.05) is 11.8 Å². The molecular formula is C13H22N2O4S. The number of nitrogens with one attached hydrogen (secondary N) is 1. The quantitative estimate of drug-likeness (QED) is 0.717. The van der Waals surface area contributed by atoms with Crippen molar-refractivity contribution in [3.05, 3.63) is 0 Å². The Balaban J connectivity index is 1.95. The third-order valence-electron chi connectivity index (χ3n) is 3.97. The van der Waals surface area contributed by atoms with Gasteiger partial charge in [-0.05, 0) is 18.6 Å². The minimum absolute atomic E-state index is 0.0983. The molecule has 3 N–H and O–H groups in total. The summed E-state index contributed by atoms with van der Waals surface area (Å²) in [5, 5.41) is 22.1. The van der Waals surface area contributed by atoms with E-state index in [0.29, 0.717) is 5.25 Å². The summed E-state index contributed by atoms with van der Waals surface area (Å²) in [4.78, 5) is 24.6. The first kappa shape index (κ1) is 15.4. The maximum Gasteiger partial charge on any atom is 0.326 e. The fraction of sp³-hybridized carbons (Fsp3) is 0.846. The first-order valence-corrected chi connectivity index (χ1v) is 8.17. The zero-order valence-corrected chi connectivity index (χ0v) is 12.4. The lowest BCUT2D eigenvalue weighted by Gasteiger charge is -2.26. The van der Waals surface area contributed by atoms with Crippen LogP contribution in [0.1, 0.15) is 32.6 Å². The predicted octanol–water partition coefficient (Wildman–Crippen LogP) is 0.890. The number of aliphatic hydroxyl groups is 1. The second-order valence-electron chi connectivity index (χ2n) is 5.38. The van der Waals surface area contributed by atoms with Crippen molar-refractivity contribution < 1.29 is 19.8 Å². The summed E-state index contributed by atoms with van der Waals surface area (Å²) >= 11 is 1.84. The molecule has 114 valence electrons. The molecule has 2 aliphatic rings. The molecule has 2 rings (SSSR count). The van der Waals surface area contributed by atoms with Crippen LogP contribution in [-0.4, -0.2) is 62.8 Å². The predicted molar refractivity (Wildman–Crippen MR) is 76.8 cm³/mol. The van der Waals surface area contributed by atoms with Crippen molar-refractivity contribution >= 4 is 23.8 Å². The van der Waals surface area contributed by atoms with Crippen LogP contribution in [-0.2, 0) is 4.79 Å². The van der Waals surface area contributed by atoms with Gasteiger partial charge in [-0.15, -0.1) is 0 Å². The van der Waals surface area contributed by atoms with Gasteiger partial charge in [-0.2, -0.15) is 11.8 Å². The molecule has 0 spiro atoms. The van der Waals surface area contributed by atoms with E-state index in [0.717, 1.165) is 25.0 Å². The van der Waals surface area contributed by atoms with Crippen LogP contribution in [0.5, 0.6) is 0 Å². The highest BCUT2D eigenvalue weighted by molar-refractivity contribution is 7.99. The second kappa shape index (κ2) is 6.67. The summed E-state index contributed by atoms with van der Waals surface area (Å²) in [5.41, 5.74) is 0. The Morgan fingerprint density at radius 3 is 2.80 bits per heavy atom. The van der Waals surface area contributed by atoms with Crippen LogP contribution in [0.4, 0.5) is 4.79 Å². The van der Waals surface area contributed by atoms with Gasteiger partial charge in [-0.1, -0.05) is 13.3 Å². The van der Waals surface area contributed by atoms with Crippen molar-refractivity contribution in [3.63, 3.8) is 0 Å². The van der Waals surface area contributed by atoms with E-state index in [-0.39, 0.29) is 25.0 Å². The Labute approximate surface area is 122 Å². The normalized spacial score (nSPS) is 33.4. The molecule has 0 aromatic rings. The number of hydrogen-bond donors (Lipinski definition) is 3. The zero-order chi connectivity index (χ0) is 14.7. The summed E-state index contributed by atoms with van der Waals surface area (Å²) in [7, 11) is 0. The number of rotatable bonds is 4. The lowest BCUT2D eigenvalue weighted by molar-refractivity contribution is -0.141. The topological polar surface area (TPSA) is 89.9 Å². The molecule has 0 aromatic heterocycles. The molecule has 20 heavy (non-hydrogen) atoms. The van der Waals surface area contributed by atoms with Gasteiger partial charge < -0.3 is 20.4 Å². The number of urea groups is 1. The SMILES string of the molecule is CCSC1CCCC1NC(=O)N1C[C@@H](O)C[C@H]1C(=O)O. The van der Waals surface area contributed by atoms with E-state index >= 15 is 0 Å². The maximum atomic E-state index is 12.2. The van der Waals surface area contributed by atoms with Crippen LogP contribution in [0.25, 0.3) is 0 Å². The van der Waals surface area contributed by atoms with Crippen molar-refractivity contribution in [2.45, 2.75) is 56.0 Å². The van der Waals surface area contributed by atoms with Crippen LogP contribution < -0.4 is 5.32 Å². The summed E-state index contributed by atoms with van der Waals surface area (Å²) in [6.07, 6.45) is 2.49. The first-order valence-electron chi connectivity index (χ1n) is 7.12. The zero-order valence-electron chi connectivity index (χ0n) is 11.6. The van der Waals surface area contributed by atoms with Crippen molar-refractivity contribution in [2.75, 3.05) is 12.3 Å². The highest BCUT2D eigenvalue weighted by atomic mass is 32.2. The Kier molecular flexibility index (Phi) is 5.15. The molecule has 6 nitrogen and oxygen atoms in total. The molecule has 1 saturated heterocycles. The van der Waals surface area contributed by atoms with Gasteiger partial charge in [0.25, 0.3) is 0 Å². The molecule has 2 fully saturated rings. The van der Waals surface area contributed by atoms with Crippen LogP contribution in [0.2, 0.25) is 0 Å². The number of aliphatic hydroxyl groups excluding tert-OH is 1. The molecule has 1 aliphatic carbocycles. The van der Waals surface area contributed by atoms with Gasteiger partial charge >= 0.3 is 12.0 Å². The van der Waals surface area contributed by atoms with E-state index < -0.39 is 18.1 Å². The van der Waals surface area contributed by atoms with E-state index in [1.165, 1.54) is 4.90 Å². The Bertz CT molecular complexity index is 379. The van der Waals surface area contributed by atoms with Gasteiger partial charge in [0.05, 0.1) is 6.10 Å². The molecule has 0 bridgehead atoms. The minimum Gasteiger partial charge on any atom is -0.480 e. The largest absolute Gasteiger partial charge is 0.480 e. The molecule has 1 heterocycles. The number of likely N-dealkylation sites (tertiary alicyclic amines) is 1. The van der Waals surface area contributed by atoms with Crippen molar-refractivity contribution in [3.8, 4) is 0 Å². The Morgan fingerprint density at radius 1 is 1.40 bits per heavy atom. The number of amides is 2. The smallest absolute Gasteiger partial charge is 0.326 e. The fourth-order valence-electron chi connectivity index (χ4n) is 3.02. The number of nitrogens with zero attached hydrogens (tertiary/aromatic N) is 1. The number of aliphatic carboxylic acids is 1. The summed E-state index contributed by atoms with van der Waals surface area (Å²) in [6.45, 7) is 2.19. The molecule has 1 saturated carbocycles. The fourth-order valence-corrected chi connectivity index (χ4v) is 4.22. The molecule has 2 amide bonds. The van der Waals surface area contributed by atoms with E-state index in [9.17, 15) is 14.7 Å². The van der Waals surface area contributed by atoms with Crippen LogP contribution in [0, 0.1) is 0 Å². The lowest BCUT2D eigenvalue weighted by Crippen LogP contribution is -2.50. The second-order valence-corrected chi connectivity index (χ2v) is 6.89. The van der Waals surface area contributed by atoms with E-state index in [4.69, 9.17) is 5.11 Å². The Hall–Kier alpha value is -0.950. The van der Waals surface area contributed by atoms with Gasteiger partial charge in [0.1, 0.15) is 6.04 Å². The number of carboxylic acid groups (broad SMARTS) is 1. The van der Waals surface area contributed by atoms with Crippen molar-refractivity contribution in [1.82, 2.24) is 10.2 Å². The Morgan fingerprint density at radius 2 is 2.15 bits per heavy atom. The van der Waals surface area contributed by atoms with Crippen molar-refractivity contribution in [2.24, 2.45) is 0 Å². The average molecular weight is 302 g/mol. The monoisotopic (exact) mass is 302 g/mol. The number of carbonyl (C=O) groups excluding carboxylic acids is 1. The molecule has 0 aromatic carbocycles. The number of carboxylic acids is 1. The summed E-state index contributed by atoms with van der Waals surface area (Å²) in [6, 6.07) is -1.16. The number of thioether (sulfide) groups is 1. The van der Waals surface area contributed by atoms with Crippen LogP contribution >= 0.6 is 11.8 Å². The van der Waals surface area contributed by atoms with Gasteiger partial charge in [-0.25, -0.2) is 9.59 Å². The van der Waals surface area contributed by atoms with Crippen molar-refractivity contribution in [1.29, 1.82) is 0 Å². The van der Waals surface area contributed by atoms with Crippen LogP contribution in [0.3, 0.4) is 0 Å². The highest BCUT2D eigenvalue weighted by Crippen LogP contribution is 2.30. The maximum absolute atomic E-state index is 12.2. The number of hydrogen-bond acceptors (Lipinski definition) is 4. The van der Waals surface area contributed by atoms with Gasteiger partial charge in [0.2, 0.25) is 0 Å². The molecule has 0 radical (unpaired) electrons. The molecule has 4 atom stereocenters. The van der Waals surface area contributed by atoms with Crippen LogP contribution in [0.15, 0.2) is 0 Å².